The summed E-state index contributed by atoms with van der Waals surface area (Å²) >= 11 is 3.33. The number of carbonyl (C=O) groups is 1. The van der Waals surface area contributed by atoms with Crippen molar-refractivity contribution in [2.75, 3.05) is 43.1 Å². The van der Waals surface area contributed by atoms with Crippen molar-refractivity contribution in [3.8, 4) is 12.1 Å². The lowest BCUT2D eigenvalue weighted by Crippen LogP contribution is -2.24. The van der Waals surface area contributed by atoms with Crippen molar-refractivity contribution in [3.63, 3.8) is 0 Å². The normalized spacial score (nSPS) is 25.7. The molecule has 6 rings (SSSR count). The van der Waals surface area contributed by atoms with Crippen LogP contribution in [-0.4, -0.2) is 49.2 Å². The third kappa shape index (κ3) is 4.38. The van der Waals surface area contributed by atoms with Crippen molar-refractivity contribution >= 4 is 33.5 Å². The van der Waals surface area contributed by atoms with E-state index in [9.17, 15) is 4.79 Å². The molecule has 8 nitrogen and oxygen atoms in total. The second kappa shape index (κ2) is 8.64. The van der Waals surface area contributed by atoms with Crippen molar-refractivity contribution in [1.82, 2.24) is 9.97 Å². The van der Waals surface area contributed by atoms with E-state index in [1.54, 1.807) is 12.3 Å². The summed E-state index contributed by atoms with van der Waals surface area (Å²) in [5.41, 5.74) is 1.44. The highest BCUT2D eigenvalue weighted by Gasteiger charge is 2.46. The van der Waals surface area contributed by atoms with E-state index in [-0.39, 0.29) is 0 Å². The molecule has 4 aliphatic rings. The van der Waals surface area contributed by atoms with Crippen molar-refractivity contribution in [2.24, 2.45) is 23.7 Å². The van der Waals surface area contributed by atoms with Crippen molar-refractivity contribution in [2.45, 2.75) is 12.8 Å². The molecule has 168 valence electrons. The van der Waals surface area contributed by atoms with E-state index in [1.807, 2.05) is 6.07 Å². The topological polar surface area (TPSA) is 106 Å². The Labute approximate surface area is 200 Å². The number of halogens is 1. The molecule has 4 heterocycles. The molecule has 33 heavy (non-hydrogen) atoms. The highest BCUT2D eigenvalue weighted by atomic mass is 79.9. The van der Waals surface area contributed by atoms with Crippen LogP contribution in [-0.2, 0) is 4.74 Å². The first-order valence-corrected chi connectivity index (χ1v) is 11.8. The van der Waals surface area contributed by atoms with Gasteiger partial charge in [0.05, 0.1) is 23.8 Å². The Hall–Kier alpha value is -3.17. The molecule has 2 aromatic rings. The van der Waals surface area contributed by atoms with Gasteiger partial charge in [0.2, 0.25) is 0 Å². The number of carbonyl (C=O) groups excluding carboxylic acids is 1. The average molecular weight is 507 g/mol. The molecule has 0 radical (unpaired) electrons. The molecule has 0 amide bonds. The van der Waals surface area contributed by atoms with Crippen molar-refractivity contribution < 1.29 is 9.53 Å². The largest absolute Gasteiger partial charge is 0.465 e. The Morgan fingerprint density at radius 1 is 0.939 bits per heavy atom. The molecule has 0 spiro atoms. The second-order valence-corrected chi connectivity index (χ2v) is 10.1. The average Bonchev–Trinajstić information content (AvgIpc) is 3.69. The number of piperidine rings is 2. The molecule has 2 aromatic heterocycles. The lowest BCUT2D eigenvalue weighted by Gasteiger charge is -2.20. The van der Waals surface area contributed by atoms with E-state index in [0.29, 0.717) is 22.5 Å². The molecule has 0 bridgehead atoms. The third-order valence-corrected chi connectivity index (χ3v) is 7.35. The third-order valence-electron chi connectivity index (χ3n) is 6.92. The number of fused-ring (bicyclic) bond motifs is 2. The molecule has 0 N–H and O–H groups in total. The number of pyridine rings is 2. The van der Waals surface area contributed by atoms with Gasteiger partial charge in [-0.3, -0.25) is 0 Å². The number of nitriles is 2. The zero-order valence-electron chi connectivity index (χ0n) is 18.2. The summed E-state index contributed by atoms with van der Waals surface area (Å²) < 4.78 is 5.49. The number of ether oxygens (including phenoxy) is 1. The minimum absolute atomic E-state index is 0.321. The summed E-state index contributed by atoms with van der Waals surface area (Å²) in [6.45, 7) is 4.11. The molecule has 2 saturated carbocycles. The van der Waals surface area contributed by atoms with Gasteiger partial charge in [-0.1, -0.05) is 0 Å². The molecule has 4 fully saturated rings. The van der Waals surface area contributed by atoms with Crippen LogP contribution in [0.1, 0.15) is 34.3 Å². The van der Waals surface area contributed by atoms with E-state index < -0.39 is 5.97 Å². The lowest BCUT2D eigenvalue weighted by atomic mass is 10.2. The maximum absolute atomic E-state index is 11.4. The summed E-state index contributed by atoms with van der Waals surface area (Å²) in [6, 6.07) is 7.71. The number of rotatable bonds is 3. The fourth-order valence-electron chi connectivity index (χ4n) is 4.93. The Morgan fingerprint density at radius 2 is 1.42 bits per heavy atom. The van der Waals surface area contributed by atoms with Crippen LogP contribution in [0.4, 0.5) is 11.6 Å². The second-order valence-electron chi connectivity index (χ2n) is 9.16. The predicted octanol–water partition coefficient (Wildman–Crippen LogP) is 3.37. The molecule has 0 aromatic carbocycles. The van der Waals surface area contributed by atoms with Gasteiger partial charge in [-0.15, -0.1) is 0 Å². The Bertz CT molecular complexity index is 1170. The summed E-state index contributed by atoms with van der Waals surface area (Å²) in [5, 5.41) is 18.2. The van der Waals surface area contributed by atoms with Gasteiger partial charge >= 0.3 is 5.97 Å². The van der Waals surface area contributed by atoms with Crippen LogP contribution < -0.4 is 9.80 Å². The van der Waals surface area contributed by atoms with Gasteiger partial charge in [-0.2, -0.15) is 10.5 Å². The number of hydrogen-bond acceptors (Lipinski definition) is 8. The number of nitrogens with zero attached hydrogens (tertiary/aromatic N) is 6. The highest BCUT2D eigenvalue weighted by molar-refractivity contribution is 9.10. The van der Waals surface area contributed by atoms with Gasteiger partial charge in [-0.05, 0) is 64.6 Å². The SMILES string of the molecule is COC(=O)c1cnc(N2CC3CC3C2)c(C#N)c1.N#Cc1cc(Br)cnc1N1CC2CC2C1. The minimum atomic E-state index is -0.463. The number of hydrogen-bond donors (Lipinski definition) is 0. The Balaban J connectivity index is 0.000000140. The molecule has 2 aliphatic carbocycles. The molecule has 4 atom stereocenters. The first-order valence-electron chi connectivity index (χ1n) is 11.0. The number of aromatic nitrogens is 2. The number of methoxy groups -OCH3 is 1. The zero-order chi connectivity index (χ0) is 23.1. The molecule has 2 saturated heterocycles. The van der Waals surface area contributed by atoms with Gasteiger partial charge in [-0.25, -0.2) is 14.8 Å². The van der Waals surface area contributed by atoms with Crippen LogP contribution in [0.3, 0.4) is 0 Å². The smallest absolute Gasteiger partial charge is 0.339 e. The van der Waals surface area contributed by atoms with Crippen LogP contribution in [0, 0.1) is 46.3 Å². The summed E-state index contributed by atoms with van der Waals surface area (Å²) in [4.78, 5) is 24.4. The first kappa shape index (κ1) is 21.7. The zero-order valence-corrected chi connectivity index (χ0v) is 19.8. The monoisotopic (exact) mass is 506 g/mol. The van der Waals surface area contributed by atoms with Gasteiger partial charge in [0, 0.05) is 43.0 Å². The van der Waals surface area contributed by atoms with E-state index in [1.165, 1.54) is 26.1 Å². The molecular formula is C24H23BrN6O2. The number of anilines is 2. The fraction of sp³-hybridized carbons (Fsp3) is 0.458. The van der Waals surface area contributed by atoms with Crippen LogP contribution in [0.5, 0.6) is 0 Å². The molecular weight excluding hydrogens is 484 g/mol. The van der Waals surface area contributed by atoms with Gasteiger partial charge in [0.25, 0.3) is 0 Å². The first-order chi connectivity index (χ1) is 16.0. The maximum Gasteiger partial charge on any atom is 0.339 e. The van der Waals surface area contributed by atoms with Gasteiger partial charge in [0.1, 0.15) is 23.8 Å². The maximum atomic E-state index is 11.4. The fourth-order valence-corrected chi connectivity index (χ4v) is 5.26. The van der Waals surface area contributed by atoms with Crippen LogP contribution in [0.2, 0.25) is 0 Å². The van der Waals surface area contributed by atoms with E-state index in [4.69, 9.17) is 10.5 Å². The van der Waals surface area contributed by atoms with E-state index in [2.05, 4.69) is 52.6 Å². The molecule has 4 unspecified atom stereocenters. The van der Waals surface area contributed by atoms with E-state index in [0.717, 1.165) is 60.1 Å². The van der Waals surface area contributed by atoms with E-state index >= 15 is 0 Å². The standard InChI is InChI=1S/C13H13N3O2.C11H10BrN3/c1-18-13(17)9-2-8(4-14)12(15-5-9)16-6-10-3-11(10)7-16;12-10-2-7(3-13)11(14-4-10)15-5-8-1-9(8)6-15/h2,5,10-11H,3,6-7H2,1H3;2,4,8-9H,1,5-6H2. The predicted molar refractivity (Wildman–Crippen MR) is 125 cm³/mol. The quantitative estimate of drug-likeness (QED) is 0.583. The van der Waals surface area contributed by atoms with Crippen LogP contribution in [0.25, 0.3) is 0 Å². The van der Waals surface area contributed by atoms with Crippen LogP contribution in [0.15, 0.2) is 29.0 Å². The summed E-state index contributed by atoms with van der Waals surface area (Å²) in [7, 11) is 1.32. The Morgan fingerprint density at radius 3 is 1.91 bits per heavy atom. The van der Waals surface area contributed by atoms with Gasteiger partial charge < -0.3 is 14.5 Å². The lowest BCUT2D eigenvalue weighted by molar-refractivity contribution is 0.0600. The van der Waals surface area contributed by atoms with Crippen LogP contribution >= 0.6 is 15.9 Å². The summed E-state index contributed by atoms with van der Waals surface area (Å²) in [6.07, 6.45) is 5.92. The van der Waals surface area contributed by atoms with Crippen molar-refractivity contribution in [1.29, 1.82) is 10.5 Å². The molecule has 2 aliphatic heterocycles. The Kier molecular flexibility index (Phi) is 5.67. The highest BCUT2D eigenvalue weighted by Crippen LogP contribution is 2.47. The minimum Gasteiger partial charge on any atom is -0.465 e. The van der Waals surface area contributed by atoms with Gasteiger partial charge in [0.15, 0.2) is 0 Å². The van der Waals surface area contributed by atoms with Crippen molar-refractivity contribution in [3.05, 3.63) is 45.7 Å². The summed E-state index contributed by atoms with van der Waals surface area (Å²) in [5.74, 6) is 4.36. The molecule has 9 heteroatoms. The number of esters is 1.